The predicted molar refractivity (Wildman–Crippen MR) is 81.2 cm³/mol. The number of anilines is 1. The van der Waals surface area contributed by atoms with Crippen molar-refractivity contribution >= 4 is 11.5 Å². The van der Waals surface area contributed by atoms with Crippen molar-refractivity contribution in [3.63, 3.8) is 0 Å². The molecule has 1 aliphatic heterocycles. The number of likely N-dealkylation sites (tertiary alicyclic amines) is 1. The van der Waals surface area contributed by atoms with Crippen molar-refractivity contribution in [1.82, 2.24) is 19.5 Å². The molecule has 0 bridgehead atoms. The molecule has 0 aromatic carbocycles. The Labute approximate surface area is 120 Å². The molecule has 1 aliphatic rings. The maximum Gasteiger partial charge on any atom is 0.157 e. The Morgan fingerprint density at radius 2 is 1.95 bits per heavy atom. The molecule has 5 nitrogen and oxygen atoms in total. The molecule has 0 spiro atoms. The van der Waals surface area contributed by atoms with Gasteiger partial charge in [0.25, 0.3) is 0 Å². The van der Waals surface area contributed by atoms with E-state index in [9.17, 15) is 0 Å². The first-order valence-electron chi connectivity index (χ1n) is 7.52. The summed E-state index contributed by atoms with van der Waals surface area (Å²) in [5.41, 5.74) is 2.95. The molecule has 2 aromatic rings. The quantitative estimate of drug-likeness (QED) is 0.849. The lowest BCUT2D eigenvalue weighted by atomic mass is 10.3. The van der Waals surface area contributed by atoms with Gasteiger partial charge in [-0.3, -0.25) is 0 Å². The minimum Gasteiger partial charge on any atom is -0.370 e. The van der Waals surface area contributed by atoms with Gasteiger partial charge in [0.1, 0.15) is 5.82 Å². The summed E-state index contributed by atoms with van der Waals surface area (Å²) >= 11 is 0. The fourth-order valence-electron chi connectivity index (χ4n) is 2.87. The Bertz CT molecular complexity index is 583. The Morgan fingerprint density at radius 1 is 1.15 bits per heavy atom. The van der Waals surface area contributed by atoms with Gasteiger partial charge in [0.05, 0.1) is 5.69 Å². The van der Waals surface area contributed by atoms with Crippen molar-refractivity contribution in [3.05, 3.63) is 23.5 Å². The van der Waals surface area contributed by atoms with E-state index in [0.29, 0.717) is 0 Å². The number of hydrogen-bond acceptors (Lipinski definition) is 4. The number of nitrogens with zero attached hydrogens (tertiary/aromatic N) is 4. The van der Waals surface area contributed by atoms with Crippen LogP contribution in [-0.4, -0.2) is 45.7 Å². The van der Waals surface area contributed by atoms with Crippen molar-refractivity contribution < 1.29 is 0 Å². The third kappa shape index (κ3) is 2.93. The summed E-state index contributed by atoms with van der Waals surface area (Å²) in [5.74, 6) is 1.04. The van der Waals surface area contributed by atoms with Gasteiger partial charge in [-0.1, -0.05) is 0 Å². The average molecular weight is 273 g/mol. The van der Waals surface area contributed by atoms with Crippen LogP contribution in [0.5, 0.6) is 0 Å². The SMILES string of the molecule is Cc1cc(NCCCN2CCCC2)n2nc(C)cc2n1. The van der Waals surface area contributed by atoms with Crippen LogP contribution in [-0.2, 0) is 0 Å². The summed E-state index contributed by atoms with van der Waals surface area (Å²) in [6.45, 7) is 8.75. The molecule has 0 unspecified atom stereocenters. The van der Waals surface area contributed by atoms with Gasteiger partial charge in [-0.2, -0.15) is 9.61 Å². The first-order chi connectivity index (χ1) is 9.72. The number of hydrogen-bond donors (Lipinski definition) is 1. The van der Waals surface area contributed by atoms with E-state index in [2.05, 4.69) is 26.4 Å². The molecule has 108 valence electrons. The van der Waals surface area contributed by atoms with Gasteiger partial charge in [-0.15, -0.1) is 0 Å². The lowest BCUT2D eigenvalue weighted by molar-refractivity contribution is 0.337. The van der Waals surface area contributed by atoms with Gasteiger partial charge in [-0.05, 0) is 52.7 Å². The second-order valence-electron chi connectivity index (χ2n) is 5.67. The second kappa shape index (κ2) is 5.79. The summed E-state index contributed by atoms with van der Waals surface area (Å²) < 4.78 is 1.90. The van der Waals surface area contributed by atoms with Crippen LogP contribution in [0.4, 0.5) is 5.82 Å². The van der Waals surface area contributed by atoms with Crippen molar-refractivity contribution in [2.24, 2.45) is 0 Å². The van der Waals surface area contributed by atoms with Crippen molar-refractivity contribution in [2.45, 2.75) is 33.1 Å². The van der Waals surface area contributed by atoms with E-state index in [1.54, 1.807) is 0 Å². The normalized spacial score (nSPS) is 16.1. The second-order valence-corrected chi connectivity index (χ2v) is 5.67. The molecule has 5 heteroatoms. The molecule has 0 radical (unpaired) electrons. The molecule has 0 amide bonds. The Kier molecular flexibility index (Phi) is 3.87. The van der Waals surface area contributed by atoms with Crippen molar-refractivity contribution in [3.8, 4) is 0 Å². The van der Waals surface area contributed by atoms with Gasteiger partial charge in [0.15, 0.2) is 5.65 Å². The molecule has 0 atom stereocenters. The van der Waals surface area contributed by atoms with E-state index >= 15 is 0 Å². The number of rotatable bonds is 5. The highest BCUT2D eigenvalue weighted by Gasteiger charge is 2.10. The third-order valence-corrected chi connectivity index (χ3v) is 3.83. The zero-order valence-corrected chi connectivity index (χ0v) is 12.4. The minimum absolute atomic E-state index is 0.921. The summed E-state index contributed by atoms with van der Waals surface area (Å²) in [4.78, 5) is 7.05. The van der Waals surface area contributed by atoms with Crippen LogP contribution in [0.25, 0.3) is 5.65 Å². The zero-order chi connectivity index (χ0) is 13.9. The van der Waals surface area contributed by atoms with Crippen LogP contribution in [0.1, 0.15) is 30.7 Å². The Hall–Kier alpha value is -1.62. The summed E-state index contributed by atoms with van der Waals surface area (Å²) in [6.07, 6.45) is 3.90. The van der Waals surface area contributed by atoms with Gasteiger partial charge in [0, 0.05) is 24.4 Å². The van der Waals surface area contributed by atoms with Gasteiger partial charge >= 0.3 is 0 Å². The highest BCUT2D eigenvalue weighted by Crippen LogP contribution is 2.14. The molecule has 0 aliphatic carbocycles. The van der Waals surface area contributed by atoms with Crippen LogP contribution in [0.3, 0.4) is 0 Å². The molecule has 3 heterocycles. The monoisotopic (exact) mass is 273 g/mol. The largest absolute Gasteiger partial charge is 0.370 e. The standard InChI is InChI=1S/C15H23N5/c1-12-10-14(20-15(17-12)11-13(2)18-20)16-6-5-9-19-7-3-4-8-19/h10-11,16H,3-9H2,1-2H3. The predicted octanol–water partition coefficient (Wildman–Crippen LogP) is 2.24. The Balaban J connectivity index is 1.61. The summed E-state index contributed by atoms with van der Waals surface area (Å²) in [5, 5.41) is 7.99. The smallest absolute Gasteiger partial charge is 0.157 e. The molecular weight excluding hydrogens is 250 g/mol. The minimum atomic E-state index is 0.921. The first-order valence-corrected chi connectivity index (χ1v) is 7.52. The van der Waals surface area contributed by atoms with Gasteiger partial charge in [-0.25, -0.2) is 4.98 Å². The van der Waals surface area contributed by atoms with E-state index in [4.69, 9.17) is 0 Å². The highest BCUT2D eigenvalue weighted by molar-refractivity contribution is 5.50. The van der Waals surface area contributed by atoms with Crippen LogP contribution in [0, 0.1) is 13.8 Å². The van der Waals surface area contributed by atoms with Crippen LogP contribution >= 0.6 is 0 Å². The van der Waals surface area contributed by atoms with Crippen LogP contribution in [0.15, 0.2) is 12.1 Å². The molecule has 1 N–H and O–H groups in total. The fourth-order valence-corrected chi connectivity index (χ4v) is 2.87. The molecule has 20 heavy (non-hydrogen) atoms. The number of nitrogens with one attached hydrogen (secondary N) is 1. The average Bonchev–Trinajstić information content (AvgIpc) is 3.02. The highest BCUT2D eigenvalue weighted by atomic mass is 15.3. The maximum absolute atomic E-state index is 4.50. The van der Waals surface area contributed by atoms with Gasteiger partial charge in [0.2, 0.25) is 0 Å². The van der Waals surface area contributed by atoms with Crippen LogP contribution in [0.2, 0.25) is 0 Å². The zero-order valence-electron chi connectivity index (χ0n) is 12.4. The molecular formula is C15H23N5. The van der Waals surface area contributed by atoms with Crippen molar-refractivity contribution in [1.29, 1.82) is 0 Å². The summed E-state index contributed by atoms with van der Waals surface area (Å²) in [6, 6.07) is 4.08. The van der Waals surface area contributed by atoms with Crippen molar-refractivity contribution in [2.75, 3.05) is 31.5 Å². The summed E-state index contributed by atoms with van der Waals surface area (Å²) in [7, 11) is 0. The molecule has 2 aromatic heterocycles. The molecule has 1 saturated heterocycles. The van der Waals surface area contributed by atoms with E-state index in [0.717, 1.165) is 29.4 Å². The van der Waals surface area contributed by atoms with E-state index in [1.165, 1.54) is 38.9 Å². The number of aromatic nitrogens is 3. The van der Waals surface area contributed by atoms with E-state index in [1.807, 2.05) is 24.4 Å². The lowest BCUT2D eigenvalue weighted by Crippen LogP contribution is -2.22. The number of fused-ring (bicyclic) bond motifs is 1. The van der Waals surface area contributed by atoms with E-state index in [-0.39, 0.29) is 0 Å². The molecule has 1 fully saturated rings. The Morgan fingerprint density at radius 3 is 2.75 bits per heavy atom. The number of aryl methyl sites for hydroxylation is 2. The lowest BCUT2D eigenvalue weighted by Gasteiger charge is -2.15. The maximum atomic E-state index is 4.50. The molecule has 0 saturated carbocycles. The topological polar surface area (TPSA) is 45.5 Å². The van der Waals surface area contributed by atoms with Crippen LogP contribution < -0.4 is 5.32 Å². The fraction of sp³-hybridized carbons (Fsp3) is 0.600. The third-order valence-electron chi connectivity index (χ3n) is 3.83. The first kappa shape index (κ1) is 13.4. The van der Waals surface area contributed by atoms with Gasteiger partial charge < -0.3 is 10.2 Å². The molecule has 3 rings (SSSR count). The van der Waals surface area contributed by atoms with E-state index < -0.39 is 0 Å².